The van der Waals surface area contributed by atoms with Gasteiger partial charge in [0.05, 0.1) is 5.54 Å². The number of rotatable bonds is 2. The summed E-state index contributed by atoms with van der Waals surface area (Å²) in [4.78, 5) is 0. The Morgan fingerprint density at radius 3 is 2.07 bits per heavy atom. The first-order valence-electron chi connectivity index (χ1n) is 11.0. The molecular formula is C28H29N. The number of aryl methyl sites for hydroxylation is 1. The van der Waals surface area contributed by atoms with E-state index in [0.29, 0.717) is 0 Å². The van der Waals surface area contributed by atoms with Crippen LogP contribution in [0.1, 0.15) is 60.1 Å². The van der Waals surface area contributed by atoms with E-state index in [0.717, 1.165) is 12.3 Å². The van der Waals surface area contributed by atoms with Crippen LogP contribution in [0.25, 0.3) is 0 Å². The Balaban J connectivity index is 1.58. The Bertz CT molecular complexity index is 1130. The van der Waals surface area contributed by atoms with Crippen molar-refractivity contribution in [2.45, 2.75) is 56.5 Å². The lowest BCUT2D eigenvalue weighted by Gasteiger charge is -2.39. The Hall–Kier alpha value is -2.38. The minimum absolute atomic E-state index is 0.0387. The first-order valence-corrected chi connectivity index (χ1v) is 11.0. The normalized spacial score (nSPS) is 33.8. The molecule has 1 heteroatoms. The first kappa shape index (κ1) is 17.5. The van der Waals surface area contributed by atoms with Crippen molar-refractivity contribution in [2.75, 3.05) is 0 Å². The highest BCUT2D eigenvalue weighted by Crippen LogP contribution is 2.65. The van der Waals surface area contributed by atoms with Crippen LogP contribution >= 0.6 is 0 Å². The summed E-state index contributed by atoms with van der Waals surface area (Å²) in [6.07, 6.45) is 3.66. The van der Waals surface area contributed by atoms with E-state index in [4.69, 9.17) is 0 Å². The van der Waals surface area contributed by atoms with Gasteiger partial charge in [-0.05, 0) is 79.3 Å². The average molecular weight is 380 g/mol. The maximum Gasteiger partial charge on any atom is 0.0674 e. The van der Waals surface area contributed by atoms with E-state index in [2.05, 4.69) is 98.9 Å². The van der Waals surface area contributed by atoms with Crippen molar-refractivity contribution in [3.05, 3.63) is 106 Å². The van der Waals surface area contributed by atoms with Gasteiger partial charge in [-0.1, -0.05) is 72.8 Å². The third-order valence-corrected chi connectivity index (χ3v) is 8.24. The molecule has 0 aromatic heterocycles. The zero-order chi connectivity index (χ0) is 19.9. The average Bonchev–Trinajstić information content (AvgIpc) is 3.34. The van der Waals surface area contributed by atoms with Gasteiger partial charge in [0.25, 0.3) is 0 Å². The number of benzene rings is 3. The minimum atomic E-state index is -0.131. The number of nitrogens with one attached hydrogen (secondary N) is 1. The van der Waals surface area contributed by atoms with Gasteiger partial charge in [-0.2, -0.15) is 0 Å². The fourth-order valence-electron chi connectivity index (χ4n) is 6.74. The topological polar surface area (TPSA) is 12.0 Å². The van der Waals surface area contributed by atoms with Crippen molar-refractivity contribution in [3.8, 4) is 0 Å². The van der Waals surface area contributed by atoms with Gasteiger partial charge in [0.1, 0.15) is 0 Å². The van der Waals surface area contributed by atoms with Crippen LogP contribution in [-0.2, 0) is 22.9 Å². The molecule has 0 spiro atoms. The quantitative estimate of drug-likeness (QED) is 0.577. The molecule has 3 aromatic carbocycles. The molecule has 0 unspecified atom stereocenters. The van der Waals surface area contributed by atoms with Gasteiger partial charge in [0, 0.05) is 11.0 Å². The largest absolute Gasteiger partial charge is 0.294 e. The predicted octanol–water partition coefficient (Wildman–Crippen LogP) is 5.98. The molecule has 1 N–H and O–H groups in total. The van der Waals surface area contributed by atoms with Crippen LogP contribution in [0.4, 0.5) is 0 Å². The standard InChI is InChI=1S/C28H29N/c1-19-10-4-5-11-20(19)16-28-18-21(28)17-26(2)22-12-6-7-13-23(22)27(3,29-26)24-14-8-9-15-25(24)28/h4-15,21,29H,16-18H2,1-3H3/t21-,26-,27-,28+/m1/s1. The van der Waals surface area contributed by atoms with Gasteiger partial charge >= 0.3 is 0 Å². The lowest BCUT2D eigenvalue weighted by molar-refractivity contribution is 0.264. The lowest BCUT2D eigenvalue weighted by atomic mass is 9.75. The number of fused-ring (bicyclic) bond motifs is 9. The van der Waals surface area contributed by atoms with Crippen LogP contribution in [0.3, 0.4) is 0 Å². The summed E-state index contributed by atoms with van der Waals surface area (Å²) in [5.41, 5.74) is 9.13. The molecule has 146 valence electrons. The molecule has 1 saturated carbocycles. The molecule has 6 rings (SSSR count). The van der Waals surface area contributed by atoms with Crippen molar-refractivity contribution >= 4 is 0 Å². The fourth-order valence-corrected chi connectivity index (χ4v) is 6.74. The van der Waals surface area contributed by atoms with E-state index < -0.39 is 0 Å². The number of hydrogen-bond acceptors (Lipinski definition) is 1. The van der Waals surface area contributed by atoms with Crippen LogP contribution < -0.4 is 5.32 Å². The molecule has 0 saturated heterocycles. The summed E-state index contributed by atoms with van der Waals surface area (Å²) >= 11 is 0. The molecular weight excluding hydrogens is 350 g/mol. The summed E-state index contributed by atoms with van der Waals surface area (Å²) in [5, 5.41) is 4.12. The van der Waals surface area contributed by atoms with Gasteiger partial charge in [0.15, 0.2) is 0 Å². The van der Waals surface area contributed by atoms with Crippen molar-refractivity contribution in [3.63, 3.8) is 0 Å². The van der Waals surface area contributed by atoms with Crippen molar-refractivity contribution in [1.29, 1.82) is 0 Å². The molecule has 2 heterocycles. The van der Waals surface area contributed by atoms with Crippen molar-refractivity contribution < 1.29 is 0 Å². The third-order valence-electron chi connectivity index (χ3n) is 8.24. The molecule has 2 bridgehead atoms. The summed E-state index contributed by atoms with van der Waals surface area (Å²) in [6.45, 7) is 7.10. The molecule has 0 radical (unpaired) electrons. The zero-order valence-electron chi connectivity index (χ0n) is 17.6. The first-order chi connectivity index (χ1) is 14.0. The van der Waals surface area contributed by atoms with E-state index in [1.807, 2.05) is 0 Å². The van der Waals surface area contributed by atoms with E-state index in [-0.39, 0.29) is 16.5 Å². The molecule has 1 aliphatic carbocycles. The summed E-state index contributed by atoms with van der Waals surface area (Å²) < 4.78 is 0. The van der Waals surface area contributed by atoms with Gasteiger partial charge in [-0.3, -0.25) is 5.32 Å². The second-order valence-electron chi connectivity index (χ2n) is 10.0. The molecule has 2 aliphatic heterocycles. The van der Waals surface area contributed by atoms with Crippen molar-refractivity contribution in [1.82, 2.24) is 5.32 Å². The van der Waals surface area contributed by atoms with E-state index >= 15 is 0 Å². The van der Waals surface area contributed by atoms with Crippen molar-refractivity contribution in [2.24, 2.45) is 5.92 Å². The molecule has 1 nitrogen and oxygen atoms in total. The van der Waals surface area contributed by atoms with Crippen LogP contribution in [0.2, 0.25) is 0 Å². The van der Waals surface area contributed by atoms with Crippen LogP contribution in [0.5, 0.6) is 0 Å². The third kappa shape index (κ3) is 2.25. The zero-order valence-corrected chi connectivity index (χ0v) is 17.6. The smallest absolute Gasteiger partial charge is 0.0674 e. The Kier molecular flexibility index (Phi) is 3.38. The monoisotopic (exact) mass is 379 g/mol. The molecule has 0 amide bonds. The predicted molar refractivity (Wildman–Crippen MR) is 119 cm³/mol. The number of hydrogen-bond donors (Lipinski definition) is 1. The minimum Gasteiger partial charge on any atom is -0.294 e. The molecule has 4 atom stereocenters. The van der Waals surface area contributed by atoms with Crippen LogP contribution in [-0.4, -0.2) is 0 Å². The van der Waals surface area contributed by atoms with E-state index in [1.54, 1.807) is 5.56 Å². The maximum absolute atomic E-state index is 4.12. The van der Waals surface area contributed by atoms with Gasteiger partial charge in [-0.25, -0.2) is 0 Å². The molecule has 1 fully saturated rings. The highest BCUT2D eigenvalue weighted by Gasteiger charge is 2.62. The fraction of sp³-hybridized carbons (Fsp3) is 0.357. The second kappa shape index (κ2) is 5.61. The molecule has 3 aromatic rings. The van der Waals surface area contributed by atoms with E-state index in [1.165, 1.54) is 40.7 Å². The van der Waals surface area contributed by atoms with E-state index in [9.17, 15) is 0 Å². The Labute approximate surface area is 174 Å². The summed E-state index contributed by atoms with van der Waals surface area (Å²) in [5.74, 6) is 0.719. The Morgan fingerprint density at radius 1 is 0.759 bits per heavy atom. The molecule has 3 aliphatic rings. The highest BCUT2D eigenvalue weighted by atomic mass is 15.1. The lowest BCUT2D eigenvalue weighted by Crippen LogP contribution is -2.47. The van der Waals surface area contributed by atoms with Crippen LogP contribution in [0, 0.1) is 12.8 Å². The highest BCUT2D eigenvalue weighted by molar-refractivity contribution is 5.57. The summed E-state index contributed by atoms with van der Waals surface area (Å²) in [6, 6.07) is 27.4. The van der Waals surface area contributed by atoms with Crippen LogP contribution in [0.15, 0.2) is 72.8 Å². The Morgan fingerprint density at radius 2 is 1.34 bits per heavy atom. The second-order valence-corrected chi connectivity index (χ2v) is 10.0. The maximum atomic E-state index is 4.12. The van der Waals surface area contributed by atoms with Gasteiger partial charge in [-0.15, -0.1) is 0 Å². The SMILES string of the molecule is Cc1ccccc1C[C@]12C[C@H]1C[C@@]1(C)N[C@@](C)(c3ccccc32)c2ccccc21. The van der Waals surface area contributed by atoms with Gasteiger partial charge < -0.3 is 0 Å². The van der Waals surface area contributed by atoms with Gasteiger partial charge in [0.2, 0.25) is 0 Å². The summed E-state index contributed by atoms with van der Waals surface area (Å²) in [7, 11) is 0. The molecule has 29 heavy (non-hydrogen) atoms.